The highest BCUT2D eigenvalue weighted by molar-refractivity contribution is 7.88. The van der Waals surface area contributed by atoms with Gasteiger partial charge < -0.3 is 0 Å². The first-order valence-electron chi connectivity index (χ1n) is 5.61. The van der Waals surface area contributed by atoms with Crippen molar-refractivity contribution in [2.75, 3.05) is 0 Å². The molecule has 0 bridgehead atoms. The average Bonchev–Trinajstić information content (AvgIpc) is 2.26. The monoisotopic (exact) mass is 241 g/mol. The minimum absolute atomic E-state index is 0.0497. The van der Waals surface area contributed by atoms with Gasteiger partial charge in [0.1, 0.15) is 0 Å². The van der Waals surface area contributed by atoms with Crippen molar-refractivity contribution < 1.29 is 8.42 Å². The van der Waals surface area contributed by atoms with Crippen LogP contribution >= 0.6 is 0 Å². The maximum Gasteiger partial charge on any atom is 0.216 e. The van der Waals surface area contributed by atoms with Crippen LogP contribution in [0.5, 0.6) is 0 Å². The largest absolute Gasteiger partial charge is 0.216 e. The molecule has 0 aromatic heterocycles. The van der Waals surface area contributed by atoms with E-state index in [0.717, 1.165) is 18.4 Å². The molecule has 1 aromatic carbocycles. The summed E-state index contributed by atoms with van der Waals surface area (Å²) in [4.78, 5) is 0. The first-order valence-corrected chi connectivity index (χ1v) is 7.26. The van der Waals surface area contributed by atoms with Crippen LogP contribution in [0, 0.1) is 0 Å². The summed E-state index contributed by atoms with van der Waals surface area (Å²) >= 11 is 0. The molecule has 0 amide bonds. The summed E-state index contributed by atoms with van der Waals surface area (Å²) in [5, 5.41) is 0. The minimum Gasteiger partial charge on any atom is -0.212 e. The number of nitrogens with one attached hydrogen (secondary N) is 1. The number of hydrogen-bond donors (Lipinski definition) is 1. The van der Waals surface area contributed by atoms with Crippen LogP contribution in [0.2, 0.25) is 0 Å². The third-order valence-electron chi connectivity index (χ3n) is 2.53. The predicted octanol–water partition coefficient (Wildman–Crippen LogP) is 2.29. The molecule has 0 spiro atoms. The Morgan fingerprint density at radius 1 is 1.12 bits per heavy atom. The van der Waals surface area contributed by atoms with E-state index < -0.39 is 10.0 Å². The van der Waals surface area contributed by atoms with Gasteiger partial charge in [-0.15, -0.1) is 0 Å². The Morgan fingerprint density at radius 2 is 1.69 bits per heavy atom. The van der Waals surface area contributed by atoms with Crippen LogP contribution in [-0.4, -0.2) is 14.5 Å². The summed E-state index contributed by atoms with van der Waals surface area (Å²) < 4.78 is 26.3. The first-order chi connectivity index (χ1) is 7.57. The van der Waals surface area contributed by atoms with Crippen molar-refractivity contribution in [1.29, 1.82) is 0 Å². The van der Waals surface area contributed by atoms with E-state index in [9.17, 15) is 8.42 Å². The molecule has 1 aromatic rings. The van der Waals surface area contributed by atoms with Gasteiger partial charge >= 0.3 is 0 Å². The van der Waals surface area contributed by atoms with Crippen LogP contribution in [0.25, 0.3) is 0 Å². The van der Waals surface area contributed by atoms with Crippen LogP contribution in [0.1, 0.15) is 32.3 Å². The van der Waals surface area contributed by atoms with Crippen LogP contribution in [-0.2, 0) is 15.8 Å². The molecular formula is C12H19NO2S. The molecule has 0 saturated heterocycles. The van der Waals surface area contributed by atoms with Crippen LogP contribution in [0.15, 0.2) is 30.3 Å². The molecule has 1 N–H and O–H groups in total. The van der Waals surface area contributed by atoms with E-state index >= 15 is 0 Å². The van der Waals surface area contributed by atoms with Crippen molar-refractivity contribution in [3.05, 3.63) is 35.9 Å². The molecular weight excluding hydrogens is 222 g/mol. The highest BCUT2D eigenvalue weighted by Crippen LogP contribution is 2.06. The highest BCUT2D eigenvalue weighted by Gasteiger charge is 2.15. The van der Waals surface area contributed by atoms with Crippen molar-refractivity contribution in [3.8, 4) is 0 Å². The lowest BCUT2D eigenvalue weighted by Crippen LogP contribution is -2.34. The number of rotatable bonds is 6. The molecule has 4 heteroatoms. The summed E-state index contributed by atoms with van der Waals surface area (Å²) in [7, 11) is -3.21. The SMILES string of the molecule is CCC(CC)NS(=O)(=O)Cc1ccccc1. The van der Waals surface area contributed by atoms with Crippen LogP contribution < -0.4 is 4.72 Å². The van der Waals surface area contributed by atoms with E-state index in [0.29, 0.717) is 0 Å². The Kier molecular flexibility index (Phi) is 4.96. The number of hydrogen-bond acceptors (Lipinski definition) is 2. The van der Waals surface area contributed by atoms with E-state index in [1.165, 1.54) is 0 Å². The topological polar surface area (TPSA) is 46.2 Å². The lowest BCUT2D eigenvalue weighted by molar-refractivity contribution is 0.529. The Balaban J connectivity index is 2.66. The Hall–Kier alpha value is -0.870. The Morgan fingerprint density at radius 3 is 2.19 bits per heavy atom. The molecule has 0 heterocycles. The van der Waals surface area contributed by atoms with Gasteiger partial charge in [0, 0.05) is 6.04 Å². The molecule has 0 fully saturated rings. The van der Waals surface area contributed by atoms with Gasteiger partial charge in [-0.25, -0.2) is 13.1 Å². The first kappa shape index (κ1) is 13.2. The fourth-order valence-corrected chi connectivity index (χ4v) is 3.10. The standard InChI is InChI=1S/C12H19NO2S/c1-3-12(4-2)13-16(14,15)10-11-8-6-5-7-9-11/h5-9,12-13H,3-4,10H2,1-2H3. The second-order valence-corrected chi connectivity index (χ2v) is 5.63. The zero-order chi connectivity index (χ0) is 12.0. The molecule has 3 nitrogen and oxygen atoms in total. The van der Waals surface area contributed by atoms with Gasteiger partial charge in [-0.2, -0.15) is 0 Å². The smallest absolute Gasteiger partial charge is 0.212 e. The molecule has 1 rings (SSSR count). The Labute approximate surface area is 97.9 Å². The minimum atomic E-state index is -3.21. The third kappa shape index (κ3) is 4.33. The van der Waals surface area contributed by atoms with Gasteiger partial charge in [0.2, 0.25) is 10.0 Å². The number of benzene rings is 1. The van der Waals surface area contributed by atoms with Crippen molar-refractivity contribution in [2.45, 2.75) is 38.5 Å². The van der Waals surface area contributed by atoms with Crippen LogP contribution in [0.3, 0.4) is 0 Å². The maximum absolute atomic E-state index is 11.8. The lowest BCUT2D eigenvalue weighted by Gasteiger charge is -2.14. The molecule has 0 aliphatic heterocycles. The molecule has 90 valence electrons. The fraction of sp³-hybridized carbons (Fsp3) is 0.500. The second-order valence-electron chi connectivity index (χ2n) is 3.88. The molecule has 16 heavy (non-hydrogen) atoms. The predicted molar refractivity (Wildman–Crippen MR) is 66.6 cm³/mol. The van der Waals surface area contributed by atoms with Crippen molar-refractivity contribution >= 4 is 10.0 Å². The van der Waals surface area contributed by atoms with E-state index in [-0.39, 0.29) is 11.8 Å². The molecule has 0 unspecified atom stereocenters. The lowest BCUT2D eigenvalue weighted by atomic mass is 10.2. The summed E-state index contributed by atoms with van der Waals surface area (Å²) in [6.45, 7) is 3.97. The van der Waals surface area contributed by atoms with Gasteiger partial charge in [0.15, 0.2) is 0 Å². The quantitative estimate of drug-likeness (QED) is 0.830. The maximum atomic E-state index is 11.8. The number of sulfonamides is 1. The second kappa shape index (κ2) is 6.01. The van der Waals surface area contributed by atoms with E-state index in [1.807, 2.05) is 44.2 Å². The van der Waals surface area contributed by atoms with E-state index in [1.54, 1.807) is 0 Å². The van der Waals surface area contributed by atoms with Crippen molar-refractivity contribution in [1.82, 2.24) is 4.72 Å². The molecule has 0 aliphatic rings. The van der Waals surface area contributed by atoms with Crippen molar-refractivity contribution in [3.63, 3.8) is 0 Å². The van der Waals surface area contributed by atoms with Gasteiger partial charge in [-0.1, -0.05) is 44.2 Å². The van der Waals surface area contributed by atoms with Crippen molar-refractivity contribution in [2.24, 2.45) is 0 Å². The van der Waals surface area contributed by atoms with Gasteiger partial charge in [-0.3, -0.25) is 0 Å². The zero-order valence-electron chi connectivity index (χ0n) is 9.81. The Bertz CT molecular complexity index is 396. The summed E-state index contributed by atoms with van der Waals surface area (Å²) in [5.74, 6) is 0.0599. The van der Waals surface area contributed by atoms with Gasteiger partial charge in [0.05, 0.1) is 5.75 Å². The molecule has 0 radical (unpaired) electrons. The summed E-state index contributed by atoms with van der Waals surface area (Å²) in [6.07, 6.45) is 1.65. The van der Waals surface area contributed by atoms with E-state index in [4.69, 9.17) is 0 Å². The summed E-state index contributed by atoms with van der Waals surface area (Å²) in [6, 6.07) is 9.28. The van der Waals surface area contributed by atoms with E-state index in [2.05, 4.69) is 4.72 Å². The normalized spacial score (nSPS) is 11.9. The molecule has 0 atom stereocenters. The molecule has 0 saturated carbocycles. The van der Waals surface area contributed by atoms with Gasteiger partial charge in [0.25, 0.3) is 0 Å². The fourth-order valence-electron chi connectivity index (χ4n) is 1.54. The third-order valence-corrected chi connectivity index (χ3v) is 3.94. The average molecular weight is 241 g/mol. The zero-order valence-corrected chi connectivity index (χ0v) is 10.6. The molecule has 0 aliphatic carbocycles. The summed E-state index contributed by atoms with van der Waals surface area (Å²) in [5.41, 5.74) is 0.820. The van der Waals surface area contributed by atoms with Crippen LogP contribution in [0.4, 0.5) is 0 Å². The highest BCUT2D eigenvalue weighted by atomic mass is 32.2. The van der Waals surface area contributed by atoms with Gasteiger partial charge in [-0.05, 0) is 18.4 Å².